The maximum atomic E-state index is 12.5. The molecule has 0 unspecified atom stereocenters. The van der Waals surface area contributed by atoms with Crippen LogP contribution in [0.15, 0.2) is 24.3 Å². The fraction of sp³-hybridized carbons (Fsp3) is 0.591. The van der Waals surface area contributed by atoms with Crippen molar-refractivity contribution in [2.45, 2.75) is 65.8 Å². The molecule has 0 saturated heterocycles. The summed E-state index contributed by atoms with van der Waals surface area (Å²) in [6.07, 6.45) is 1.84. The van der Waals surface area contributed by atoms with E-state index in [2.05, 4.69) is 31.4 Å². The summed E-state index contributed by atoms with van der Waals surface area (Å²) in [6, 6.07) is 6.51. The number of ether oxygens (including phenoxy) is 1. The molecule has 6 nitrogen and oxygen atoms in total. The van der Waals surface area contributed by atoms with Gasteiger partial charge in [-0.05, 0) is 35.4 Å². The Labute approximate surface area is 168 Å². The van der Waals surface area contributed by atoms with Crippen molar-refractivity contribution in [3.05, 3.63) is 35.4 Å². The lowest BCUT2D eigenvalue weighted by atomic mass is 9.86. The standard InChI is InChI=1S/C22H34N2O4/c1-7-8-13-23-18(25)14-28-21(27)19(15(2)3)24-20(26)16-9-11-17(12-10-16)22(4,5)6/h9-12,15,19H,7-8,13-14H2,1-6H3,(H,23,25)(H,24,26)/t19-/m0/s1. The zero-order valence-electron chi connectivity index (χ0n) is 17.9. The Bertz CT molecular complexity index is 660. The Kier molecular flexibility index (Phi) is 9.16. The molecule has 0 aliphatic heterocycles. The lowest BCUT2D eigenvalue weighted by molar-refractivity contribution is -0.151. The third-order valence-electron chi connectivity index (χ3n) is 4.42. The zero-order valence-corrected chi connectivity index (χ0v) is 17.9. The Hall–Kier alpha value is -2.37. The number of benzene rings is 1. The molecule has 0 saturated carbocycles. The number of esters is 1. The van der Waals surface area contributed by atoms with Crippen LogP contribution in [0, 0.1) is 5.92 Å². The molecule has 28 heavy (non-hydrogen) atoms. The average Bonchev–Trinajstić information content (AvgIpc) is 2.63. The van der Waals surface area contributed by atoms with Gasteiger partial charge >= 0.3 is 5.97 Å². The van der Waals surface area contributed by atoms with Gasteiger partial charge in [0.1, 0.15) is 6.04 Å². The zero-order chi connectivity index (χ0) is 21.3. The number of carbonyl (C=O) groups excluding carboxylic acids is 3. The van der Waals surface area contributed by atoms with Crippen LogP contribution in [-0.4, -0.2) is 37.0 Å². The van der Waals surface area contributed by atoms with E-state index in [1.54, 1.807) is 12.1 Å². The molecular weight excluding hydrogens is 356 g/mol. The minimum absolute atomic E-state index is 0.00299. The van der Waals surface area contributed by atoms with Gasteiger partial charge in [-0.2, -0.15) is 0 Å². The lowest BCUT2D eigenvalue weighted by Gasteiger charge is -2.22. The summed E-state index contributed by atoms with van der Waals surface area (Å²) < 4.78 is 5.09. The second-order valence-electron chi connectivity index (χ2n) is 8.33. The molecule has 0 spiro atoms. The van der Waals surface area contributed by atoms with Crippen molar-refractivity contribution < 1.29 is 19.1 Å². The highest BCUT2D eigenvalue weighted by atomic mass is 16.5. The normalized spacial score (nSPS) is 12.4. The fourth-order valence-electron chi connectivity index (χ4n) is 2.53. The number of carbonyl (C=O) groups is 3. The van der Waals surface area contributed by atoms with Crippen LogP contribution in [0.25, 0.3) is 0 Å². The second kappa shape index (κ2) is 10.8. The van der Waals surface area contributed by atoms with E-state index < -0.39 is 12.0 Å². The molecule has 2 amide bonds. The number of hydrogen-bond donors (Lipinski definition) is 2. The lowest BCUT2D eigenvalue weighted by Crippen LogP contribution is -2.46. The Morgan fingerprint density at radius 1 is 1.07 bits per heavy atom. The van der Waals surface area contributed by atoms with Crippen LogP contribution in [0.2, 0.25) is 0 Å². The SMILES string of the molecule is CCCCNC(=O)COC(=O)[C@@H](NC(=O)c1ccc(C(C)(C)C)cc1)C(C)C. The topological polar surface area (TPSA) is 84.5 Å². The minimum Gasteiger partial charge on any atom is -0.454 e. The average molecular weight is 391 g/mol. The van der Waals surface area contributed by atoms with Crippen LogP contribution >= 0.6 is 0 Å². The van der Waals surface area contributed by atoms with Gasteiger partial charge in [0.15, 0.2) is 6.61 Å². The fourth-order valence-corrected chi connectivity index (χ4v) is 2.53. The monoisotopic (exact) mass is 390 g/mol. The van der Waals surface area contributed by atoms with Crippen LogP contribution in [0.1, 0.15) is 70.3 Å². The maximum absolute atomic E-state index is 12.5. The highest BCUT2D eigenvalue weighted by molar-refractivity contribution is 5.97. The molecular formula is C22H34N2O4. The van der Waals surface area contributed by atoms with Gasteiger partial charge in [0.2, 0.25) is 0 Å². The summed E-state index contributed by atoms with van der Waals surface area (Å²) in [7, 11) is 0. The first-order valence-electron chi connectivity index (χ1n) is 9.91. The largest absolute Gasteiger partial charge is 0.454 e. The molecule has 0 heterocycles. The van der Waals surface area contributed by atoms with Crippen molar-refractivity contribution in [3.8, 4) is 0 Å². The molecule has 0 bridgehead atoms. The van der Waals surface area contributed by atoms with Gasteiger partial charge in [-0.15, -0.1) is 0 Å². The first-order valence-corrected chi connectivity index (χ1v) is 9.91. The maximum Gasteiger partial charge on any atom is 0.329 e. The Morgan fingerprint density at radius 2 is 1.68 bits per heavy atom. The molecule has 0 aliphatic carbocycles. The quantitative estimate of drug-likeness (QED) is 0.501. The van der Waals surface area contributed by atoms with E-state index in [1.807, 2.05) is 32.9 Å². The van der Waals surface area contributed by atoms with Crippen molar-refractivity contribution in [1.82, 2.24) is 10.6 Å². The van der Waals surface area contributed by atoms with Crippen LogP contribution < -0.4 is 10.6 Å². The highest BCUT2D eigenvalue weighted by Gasteiger charge is 2.27. The van der Waals surface area contributed by atoms with Crippen molar-refractivity contribution >= 4 is 17.8 Å². The third-order valence-corrected chi connectivity index (χ3v) is 4.42. The van der Waals surface area contributed by atoms with E-state index in [-0.39, 0.29) is 29.8 Å². The van der Waals surface area contributed by atoms with Crippen molar-refractivity contribution in [2.24, 2.45) is 5.92 Å². The summed E-state index contributed by atoms with van der Waals surface area (Å²) >= 11 is 0. The first kappa shape index (κ1) is 23.7. The number of amides is 2. The van der Waals surface area contributed by atoms with Gasteiger partial charge in [-0.3, -0.25) is 9.59 Å². The van der Waals surface area contributed by atoms with E-state index in [9.17, 15) is 14.4 Å². The smallest absolute Gasteiger partial charge is 0.329 e. The molecule has 0 fully saturated rings. The van der Waals surface area contributed by atoms with Gasteiger partial charge in [0.05, 0.1) is 0 Å². The number of rotatable bonds is 9. The predicted octanol–water partition coefficient (Wildman–Crippen LogP) is 3.20. The molecule has 6 heteroatoms. The molecule has 1 atom stereocenters. The molecule has 2 N–H and O–H groups in total. The van der Waals surface area contributed by atoms with Crippen molar-refractivity contribution in [2.75, 3.05) is 13.2 Å². The summed E-state index contributed by atoms with van der Waals surface area (Å²) in [6.45, 7) is 12.2. The van der Waals surface area contributed by atoms with E-state index in [0.29, 0.717) is 12.1 Å². The van der Waals surface area contributed by atoms with Crippen molar-refractivity contribution in [1.29, 1.82) is 0 Å². The van der Waals surface area contributed by atoms with E-state index in [4.69, 9.17) is 4.74 Å². The van der Waals surface area contributed by atoms with E-state index in [0.717, 1.165) is 18.4 Å². The van der Waals surface area contributed by atoms with Crippen LogP contribution in [0.4, 0.5) is 0 Å². The molecule has 0 radical (unpaired) electrons. The molecule has 0 aliphatic rings. The van der Waals surface area contributed by atoms with Crippen LogP contribution in [-0.2, 0) is 19.7 Å². The van der Waals surface area contributed by atoms with E-state index in [1.165, 1.54) is 0 Å². The van der Waals surface area contributed by atoms with E-state index >= 15 is 0 Å². The predicted molar refractivity (Wildman–Crippen MR) is 110 cm³/mol. The Balaban J connectivity index is 2.67. The molecule has 156 valence electrons. The van der Waals surface area contributed by atoms with Gasteiger partial charge < -0.3 is 15.4 Å². The van der Waals surface area contributed by atoms with Gasteiger partial charge in [-0.25, -0.2) is 4.79 Å². The number of unbranched alkanes of at least 4 members (excludes halogenated alkanes) is 1. The second-order valence-corrected chi connectivity index (χ2v) is 8.33. The van der Waals surface area contributed by atoms with Gasteiger partial charge in [0.25, 0.3) is 11.8 Å². The number of hydrogen-bond acceptors (Lipinski definition) is 4. The molecule has 1 rings (SSSR count). The van der Waals surface area contributed by atoms with Crippen LogP contribution in [0.5, 0.6) is 0 Å². The summed E-state index contributed by atoms with van der Waals surface area (Å²) in [5, 5.41) is 5.41. The molecule has 0 aromatic heterocycles. The summed E-state index contributed by atoms with van der Waals surface area (Å²) in [4.78, 5) is 36.6. The van der Waals surface area contributed by atoms with Crippen LogP contribution in [0.3, 0.4) is 0 Å². The Morgan fingerprint density at radius 3 is 2.18 bits per heavy atom. The summed E-state index contributed by atoms with van der Waals surface area (Å²) in [5.74, 6) is -1.47. The minimum atomic E-state index is -0.821. The summed E-state index contributed by atoms with van der Waals surface area (Å²) in [5.41, 5.74) is 1.60. The molecule has 1 aromatic rings. The molecule has 1 aromatic carbocycles. The number of nitrogens with one attached hydrogen (secondary N) is 2. The first-order chi connectivity index (χ1) is 13.1. The van der Waals surface area contributed by atoms with Gasteiger partial charge in [0, 0.05) is 12.1 Å². The highest BCUT2D eigenvalue weighted by Crippen LogP contribution is 2.22. The van der Waals surface area contributed by atoms with Crippen molar-refractivity contribution in [3.63, 3.8) is 0 Å². The van der Waals surface area contributed by atoms with Gasteiger partial charge in [-0.1, -0.05) is 60.1 Å². The third kappa shape index (κ3) is 7.71.